The number of hydrogen-bond donors (Lipinski definition) is 1. The summed E-state index contributed by atoms with van der Waals surface area (Å²) < 4.78 is 15.7. The van der Waals surface area contributed by atoms with Crippen molar-refractivity contribution in [2.45, 2.75) is 47.6 Å². The predicted octanol–water partition coefficient (Wildman–Crippen LogP) is 3.52. The summed E-state index contributed by atoms with van der Waals surface area (Å²) in [5.74, 6) is -2.01. The number of methoxy groups -OCH3 is 2. The molecule has 4 atom stereocenters. The highest BCUT2D eigenvalue weighted by Crippen LogP contribution is 2.64. The first kappa shape index (κ1) is 35.2. The monoisotopic (exact) mass is 824 g/mol. The second kappa shape index (κ2) is 12.4. The van der Waals surface area contributed by atoms with Crippen molar-refractivity contribution < 1.29 is 24.2 Å². The molecule has 8 rings (SSSR count). The molecule has 1 saturated heterocycles. The number of aromatic hydroxyl groups is 1. The summed E-state index contributed by atoms with van der Waals surface area (Å²) >= 11 is 17.8. The van der Waals surface area contributed by atoms with Crippen LogP contribution in [0.3, 0.4) is 0 Å². The number of likely N-dealkylation sites (tertiary alicyclic amines) is 1. The number of phenolic OH excluding ortho intramolecular Hbond substituents is 1. The molecular weight excluding hydrogens is 795 g/mol. The molecule has 274 valence electrons. The van der Waals surface area contributed by atoms with Crippen LogP contribution in [-0.4, -0.2) is 74.7 Å². The van der Waals surface area contributed by atoms with E-state index in [2.05, 4.69) is 20.9 Å². The number of hydrogen-bond acceptors (Lipinski definition) is 9. The van der Waals surface area contributed by atoms with E-state index >= 15 is 0 Å². The van der Waals surface area contributed by atoms with Crippen molar-refractivity contribution in [2.75, 3.05) is 19.7 Å². The van der Waals surface area contributed by atoms with Crippen LogP contribution in [0, 0.1) is 0 Å². The summed E-state index contributed by atoms with van der Waals surface area (Å²) in [4.78, 5) is 71.0. The number of carbonyl (C=O) groups is 2. The van der Waals surface area contributed by atoms with Crippen LogP contribution in [0.2, 0.25) is 0 Å². The van der Waals surface area contributed by atoms with Crippen LogP contribution in [0.4, 0.5) is 0 Å². The van der Waals surface area contributed by atoms with Crippen LogP contribution in [0.1, 0.15) is 29.6 Å². The Morgan fingerprint density at radius 1 is 0.981 bits per heavy atom. The number of fused-ring (bicyclic) bond motifs is 6. The molecule has 17 heteroatoms. The van der Waals surface area contributed by atoms with E-state index in [1.165, 1.54) is 28.2 Å². The molecule has 1 N–H and O–H groups in total. The average Bonchev–Trinajstić information content (AvgIpc) is 3.49. The Labute approximate surface area is 318 Å². The molecule has 0 spiro atoms. The number of aryl methyl sites for hydroxylation is 2. The zero-order valence-corrected chi connectivity index (χ0v) is 31.6. The van der Waals surface area contributed by atoms with Crippen LogP contribution in [0.25, 0.3) is 21.8 Å². The van der Waals surface area contributed by atoms with Crippen molar-refractivity contribution >= 4 is 72.8 Å². The second-order valence-corrected chi connectivity index (χ2v) is 15.0. The fourth-order valence-corrected chi connectivity index (χ4v) is 9.59. The van der Waals surface area contributed by atoms with Gasteiger partial charge in [0.2, 0.25) is 0 Å². The van der Waals surface area contributed by atoms with Crippen molar-refractivity contribution in [1.29, 1.82) is 0 Å². The summed E-state index contributed by atoms with van der Waals surface area (Å²) in [6.45, 7) is -0.273. The third kappa shape index (κ3) is 4.69. The molecule has 1 aliphatic carbocycles. The number of phenols is 1. The first-order valence-corrected chi connectivity index (χ1v) is 18.4. The summed E-state index contributed by atoms with van der Waals surface area (Å²) in [6, 6.07) is 12.8. The second-order valence-electron chi connectivity index (χ2n) is 13.3. The highest BCUT2D eigenvalue weighted by atomic mass is 79.9. The van der Waals surface area contributed by atoms with Crippen LogP contribution in [-0.2, 0) is 36.1 Å². The smallest absolute Gasteiger partial charge is 0.347 e. The molecule has 1 saturated carbocycles. The summed E-state index contributed by atoms with van der Waals surface area (Å²) in [7, 11) is 4.56. The minimum Gasteiger partial charge on any atom is -0.507 e. The van der Waals surface area contributed by atoms with E-state index in [9.17, 15) is 29.1 Å². The Balaban J connectivity index is 1.24. The van der Waals surface area contributed by atoms with E-state index in [-0.39, 0.29) is 48.4 Å². The van der Waals surface area contributed by atoms with Gasteiger partial charge < -0.3 is 19.1 Å². The number of amides is 2. The normalized spacial score (nSPS) is 23.6. The van der Waals surface area contributed by atoms with Gasteiger partial charge in [-0.2, -0.15) is 0 Å². The Bertz CT molecular complexity index is 2650. The largest absolute Gasteiger partial charge is 0.507 e. The third-order valence-electron chi connectivity index (χ3n) is 10.8. The lowest BCUT2D eigenvalue weighted by atomic mass is 9.64. The predicted molar refractivity (Wildman–Crippen MR) is 200 cm³/mol. The molecular formula is C36H31BrCl2N6O8. The molecule has 2 aliphatic heterocycles. The van der Waals surface area contributed by atoms with Crippen molar-refractivity contribution in [3.05, 3.63) is 103 Å². The number of benzene rings is 3. The van der Waals surface area contributed by atoms with Gasteiger partial charge in [-0.05, 0) is 11.0 Å². The van der Waals surface area contributed by atoms with Gasteiger partial charge in [0.1, 0.15) is 11.4 Å². The molecule has 3 aliphatic rings. The van der Waals surface area contributed by atoms with Crippen LogP contribution in [0.15, 0.2) is 74.6 Å². The van der Waals surface area contributed by atoms with E-state index in [0.29, 0.717) is 33.5 Å². The number of ether oxygens (including phenoxy) is 2. The maximum Gasteiger partial charge on any atom is 0.347 e. The first-order chi connectivity index (χ1) is 25.3. The van der Waals surface area contributed by atoms with Crippen LogP contribution < -0.4 is 26.4 Å². The topological polar surface area (TPSA) is 160 Å². The molecule has 0 radical (unpaired) electrons. The van der Waals surface area contributed by atoms with Crippen molar-refractivity contribution in [3.63, 3.8) is 0 Å². The first-order valence-electron chi connectivity index (χ1n) is 16.6. The maximum absolute atomic E-state index is 14.3. The van der Waals surface area contributed by atoms with E-state index in [4.69, 9.17) is 32.7 Å². The van der Waals surface area contributed by atoms with E-state index in [1.807, 2.05) is 12.1 Å². The molecule has 2 amide bonds. The average molecular weight is 826 g/mol. The molecule has 2 fully saturated rings. The van der Waals surface area contributed by atoms with Gasteiger partial charge in [-0.25, -0.2) is 28.5 Å². The molecule has 14 nitrogen and oxygen atoms in total. The Morgan fingerprint density at radius 3 is 2.42 bits per heavy atom. The lowest BCUT2D eigenvalue weighted by Crippen LogP contribution is -2.59. The zero-order chi connectivity index (χ0) is 37.7. The molecule has 5 aromatic rings. The fraction of sp³-hybridized carbons (Fsp3) is 0.333. The Hall–Kier alpha value is -4.86. The number of halogens is 3. The number of carbonyl (C=O) groups excluding carboxylic acids is 2. The van der Waals surface area contributed by atoms with Gasteiger partial charge in [0, 0.05) is 55.4 Å². The Kier molecular flexibility index (Phi) is 8.20. The number of nitrogens with zero attached hydrogens (tertiary/aromatic N) is 6. The zero-order valence-electron chi connectivity index (χ0n) is 28.5. The highest BCUT2D eigenvalue weighted by molar-refractivity contribution is 9.09. The number of aromatic nitrogens is 5. The van der Waals surface area contributed by atoms with Gasteiger partial charge in [0.15, 0.2) is 21.2 Å². The number of alkyl halides is 3. The standard InChI is InChI=1S/C36H31BrCl2N6O8/c1-41-24-15-27(53-3)26(52-2)14-23(24)40-22(30(41)47)11-12-42-33(50)44-13-10-20-25(45(44)34(42)51)16-35(38)31(48)43(17-37)32(49)36(35,39)28(20)21-9-8-18-6-4-5-7-19(18)29(21)46/h4-10,14-15,25,28,46H,11-13,16-17H2,1-3H3/t25-,28-,35-,36+/m1/s1. The van der Waals surface area contributed by atoms with Gasteiger partial charge in [0.25, 0.3) is 17.4 Å². The minimum absolute atomic E-state index is 0.0634. The lowest BCUT2D eigenvalue weighted by Gasteiger charge is -2.49. The number of allylic oxidation sites excluding steroid dienone is 2. The number of imide groups is 1. The van der Waals surface area contributed by atoms with Crippen molar-refractivity contribution in [2.24, 2.45) is 7.05 Å². The third-order valence-corrected chi connectivity index (χ3v) is 12.7. The van der Waals surface area contributed by atoms with Crippen molar-refractivity contribution in [1.82, 2.24) is 28.4 Å². The molecule has 4 heterocycles. The maximum atomic E-state index is 14.3. The molecule has 3 aromatic carbocycles. The highest BCUT2D eigenvalue weighted by Gasteiger charge is 2.75. The lowest BCUT2D eigenvalue weighted by molar-refractivity contribution is -0.138. The minimum atomic E-state index is -2.09. The Morgan fingerprint density at radius 2 is 1.70 bits per heavy atom. The molecule has 0 bridgehead atoms. The summed E-state index contributed by atoms with van der Waals surface area (Å²) in [5, 5.41) is 12.9. The van der Waals surface area contributed by atoms with E-state index < -0.39 is 50.5 Å². The van der Waals surface area contributed by atoms with Crippen LogP contribution in [0.5, 0.6) is 17.2 Å². The van der Waals surface area contributed by atoms with Gasteiger partial charge in [0.05, 0.1) is 43.3 Å². The van der Waals surface area contributed by atoms with Crippen LogP contribution >= 0.6 is 39.1 Å². The quantitative estimate of drug-likeness (QED) is 0.112. The van der Waals surface area contributed by atoms with Crippen molar-refractivity contribution in [3.8, 4) is 17.2 Å². The van der Waals surface area contributed by atoms with Gasteiger partial charge >= 0.3 is 11.4 Å². The van der Waals surface area contributed by atoms with E-state index in [1.54, 1.807) is 49.5 Å². The molecule has 2 aromatic heterocycles. The van der Waals surface area contributed by atoms with Gasteiger partial charge in [-0.15, -0.1) is 23.2 Å². The molecule has 53 heavy (non-hydrogen) atoms. The fourth-order valence-electron chi connectivity index (χ4n) is 8.19. The van der Waals surface area contributed by atoms with Gasteiger partial charge in [-0.3, -0.25) is 19.3 Å². The number of rotatable bonds is 7. The van der Waals surface area contributed by atoms with Gasteiger partial charge in [-0.1, -0.05) is 58.4 Å². The molecule has 0 unspecified atom stereocenters. The summed E-state index contributed by atoms with van der Waals surface area (Å²) in [6.07, 6.45) is 1.34. The summed E-state index contributed by atoms with van der Waals surface area (Å²) in [5.41, 5.74) is -0.205. The SMILES string of the molecule is COc1cc2nc(CCn3c(=O)n4n(c3=O)[C@@H]3C[C@@]5(Cl)C(=O)N(CBr)C(=O)[C@@]5(Cl)[C@@H](c5ccc6ccccc6c5O)C3=CC4)c(=O)n(C)c2cc1OC. The van der Waals surface area contributed by atoms with E-state index in [0.717, 1.165) is 14.9 Å².